The highest BCUT2D eigenvalue weighted by molar-refractivity contribution is 5.98. The maximum atomic E-state index is 13.0. The van der Waals surface area contributed by atoms with Crippen LogP contribution in [0.3, 0.4) is 0 Å². The summed E-state index contributed by atoms with van der Waals surface area (Å²) in [4.78, 5) is 34.0. The van der Waals surface area contributed by atoms with E-state index in [9.17, 15) is 38.0 Å². The number of halogens is 3. The van der Waals surface area contributed by atoms with Gasteiger partial charge >= 0.3 is 12.1 Å². The first-order valence-electron chi connectivity index (χ1n) is 7.53. The van der Waals surface area contributed by atoms with Gasteiger partial charge in [-0.05, 0) is 12.1 Å². The van der Waals surface area contributed by atoms with Crippen LogP contribution >= 0.6 is 0 Å². The van der Waals surface area contributed by atoms with Gasteiger partial charge < -0.3 is 10.4 Å². The van der Waals surface area contributed by atoms with Crippen molar-refractivity contribution < 1.29 is 32.8 Å². The molecule has 2 rings (SSSR count). The van der Waals surface area contributed by atoms with E-state index in [1.54, 1.807) is 0 Å². The lowest BCUT2D eigenvalue weighted by molar-refractivity contribution is -0.385. The maximum Gasteiger partial charge on any atom is 0.417 e. The number of carboxylic acids is 1. The summed E-state index contributed by atoms with van der Waals surface area (Å²) in [6.45, 7) is 0. The van der Waals surface area contributed by atoms with Crippen molar-refractivity contribution in [1.82, 2.24) is 5.32 Å². The number of carbonyl (C=O) groups excluding carboxylic acids is 1. The minimum absolute atomic E-state index is 0.0271. The van der Waals surface area contributed by atoms with Gasteiger partial charge in [-0.15, -0.1) is 0 Å². The molecule has 0 aliphatic rings. The number of alkyl halides is 3. The van der Waals surface area contributed by atoms with E-state index in [1.807, 2.05) is 5.32 Å². The Morgan fingerprint density at radius 2 is 1.70 bits per heavy atom. The van der Waals surface area contributed by atoms with Crippen molar-refractivity contribution in [1.29, 1.82) is 0 Å². The number of hydrogen-bond donors (Lipinski definition) is 2. The molecule has 0 bridgehead atoms. The predicted octanol–water partition coefficient (Wildman–Crippen LogP) is 3.04. The first kappa shape index (κ1) is 19.9. The number of nitro groups is 1. The van der Waals surface area contributed by atoms with E-state index in [1.165, 1.54) is 24.3 Å². The molecule has 10 heteroatoms. The maximum absolute atomic E-state index is 13.0. The zero-order valence-electron chi connectivity index (χ0n) is 13.6. The summed E-state index contributed by atoms with van der Waals surface area (Å²) in [7, 11) is 0. The minimum atomic E-state index is -4.80. The van der Waals surface area contributed by atoms with Gasteiger partial charge in [0.05, 0.1) is 16.1 Å². The smallest absolute Gasteiger partial charge is 0.417 e. The first-order chi connectivity index (χ1) is 12.6. The van der Waals surface area contributed by atoms with Crippen LogP contribution in [0.1, 0.15) is 21.5 Å². The van der Waals surface area contributed by atoms with Crippen LogP contribution in [0.2, 0.25) is 0 Å². The molecule has 0 saturated carbocycles. The van der Waals surface area contributed by atoms with Gasteiger partial charge in [0.2, 0.25) is 0 Å². The molecular formula is C17H13F3N2O5. The third-order valence-corrected chi connectivity index (χ3v) is 3.69. The van der Waals surface area contributed by atoms with Crippen molar-refractivity contribution in [2.24, 2.45) is 0 Å². The molecule has 27 heavy (non-hydrogen) atoms. The molecule has 2 aromatic rings. The zero-order chi connectivity index (χ0) is 20.2. The SMILES string of the molecule is O=C(N[C@@H](Cc1ccccc1[N+](=O)[O-])C(=O)O)c1ccccc1C(F)(F)F. The Morgan fingerprint density at radius 1 is 1.11 bits per heavy atom. The number of nitro benzene ring substituents is 1. The molecule has 0 aliphatic heterocycles. The van der Waals surface area contributed by atoms with E-state index < -0.39 is 46.6 Å². The van der Waals surface area contributed by atoms with E-state index in [0.717, 1.165) is 18.2 Å². The van der Waals surface area contributed by atoms with Crippen LogP contribution in [-0.4, -0.2) is 27.9 Å². The molecule has 0 saturated heterocycles. The van der Waals surface area contributed by atoms with Gasteiger partial charge in [0.15, 0.2) is 0 Å². The number of hydrogen-bond acceptors (Lipinski definition) is 4. The van der Waals surface area contributed by atoms with Gasteiger partial charge in [0, 0.05) is 18.1 Å². The second kappa shape index (κ2) is 7.85. The standard InChI is InChI=1S/C17H13F3N2O5/c18-17(19,20)12-7-3-2-6-11(12)15(23)21-13(16(24)25)9-10-5-1-4-8-14(10)22(26)27/h1-8,13H,9H2,(H,21,23)(H,24,25)/t13-/m0/s1. The highest BCUT2D eigenvalue weighted by Crippen LogP contribution is 2.31. The van der Waals surface area contributed by atoms with Gasteiger partial charge in [0.25, 0.3) is 11.6 Å². The van der Waals surface area contributed by atoms with Crippen LogP contribution in [0.15, 0.2) is 48.5 Å². The molecule has 1 atom stereocenters. The number of carbonyl (C=O) groups is 2. The Bertz CT molecular complexity index is 883. The van der Waals surface area contributed by atoms with E-state index >= 15 is 0 Å². The van der Waals surface area contributed by atoms with Crippen molar-refractivity contribution in [3.63, 3.8) is 0 Å². The summed E-state index contributed by atoms with van der Waals surface area (Å²) in [5, 5.41) is 22.3. The molecule has 0 fully saturated rings. The highest BCUT2D eigenvalue weighted by Gasteiger charge is 2.35. The number of para-hydroxylation sites is 1. The van der Waals surface area contributed by atoms with Crippen LogP contribution in [-0.2, 0) is 17.4 Å². The lowest BCUT2D eigenvalue weighted by Crippen LogP contribution is -2.43. The molecule has 0 aromatic heterocycles. The van der Waals surface area contributed by atoms with Crippen molar-refractivity contribution in [3.8, 4) is 0 Å². The molecule has 0 unspecified atom stereocenters. The molecule has 1 amide bonds. The van der Waals surface area contributed by atoms with Gasteiger partial charge in [-0.3, -0.25) is 14.9 Å². The summed E-state index contributed by atoms with van der Waals surface area (Å²) in [6.07, 6.45) is -5.27. The minimum Gasteiger partial charge on any atom is -0.480 e. The lowest BCUT2D eigenvalue weighted by Gasteiger charge is -2.17. The lowest BCUT2D eigenvalue weighted by atomic mass is 10.0. The summed E-state index contributed by atoms with van der Waals surface area (Å²) in [5.74, 6) is -2.78. The fourth-order valence-corrected chi connectivity index (χ4v) is 2.45. The van der Waals surface area contributed by atoms with Gasteiger partial charge in [-0.2, -0.15) is 13.2 Å². The van der Waals surface area contributed by atoms with Crippen molar-refractivity contribution in [2.75, 3.05) is 0 Å². The fraction of sp³-hybridized carbons (Fsp3) is 0.176. The first-order valence-corrected chi connectivity index (χ1v) is 7.53. The molecule has 0 spiro atoms. The van der Waals surface area contributed by atoms with Crippen LogP contribution in [0.25, 0.3) is 0 Å². The molecule has 2 N–H and O–H groups in total. The average molecular weight is 382 g/mol. The summed E-state index contributed by atoms with van der Waals surface area (Å²) >= 11 is 0. The molecule has 7 nitrogen and oxygen atoms in total. The molecule has 0 aliphatic carbocycles. The Labute approximate surface area is 150 Å². The van der Waals surface area contributed by atoms with Crippen LogP contribution in [0, 0.1) is 10.1 Å². The summed E-state index contributed by atoms with van der Waals surface area (Å²) in [6, 6.07) is 7.58. The van der Waals surface area contributed by atoms with Crippen molar-refractivity contribution >= 4 is 17.6 Å². The highest BCUT2D eigenvalue weighted by atomic mass is 19.4. The van der Waals surface area contributed by atoms with Crippen molar-refractivity contribution in [3.05, 3.63) is 75.3 Å². The number of carboxylic acid groups (broad SMARTS) is 1. The molecule has 142 valence electrons. The van der Waals surface area contributed by atoms with Gasteiger partial charge in [-0.25, -0.2) is 4.79 Å². The number of rotatable bonds is 6. The monoisotopic (exact) mass is 382 g/mol. The summed E-state index contributed by atoms with van der Waals surface area (Å²) < 4.78 is 39.1. The van der Waals surface area contributed by atoms with E-state index in [0.29, 0.717) is 6.07 Å². The van der Waals surface area contributed by atoms with Gasteiger partial charge in [0.1, 0.15) is 6.04 Å². The number of nitrogens with zero attached hydrogens (tertiary/aromatic N) is 1. The summed E-state index contributed by atoms with van der Waals surface area (Å²) in [5.41, 5.74) is -2.27. The molecular weight excluding hydrogens is 369 g/mol. The van der Waals surface area contributed by atoms with Crippen LogP contribution < -0.4 is 5.32 Å². The Kier molecular flexibility index (Phi) is 5.78. The number of amides is 1. The number of nitrogens with one attached hydrogen (secondary N) is 1. The molecule has 0 heterocycles. The van der Waals surface area contributed by atoms with E-state index in [2.05, 4.69) is 0 Å². The van der Waals surface area contributed by atoms with Crippen LogP contribution in [0.5, 0.6) is 0 Å². The normalized spacial score (nSPS) is 12.3. The van der Waals surface area contributed by atoms with E-state index in [-0.39, 0.29) is 11.3 Å². The number of benzene rings is 2. The quantitative estimate of drug-likeness (QED) is 0.590. The molecule has 2 aromatic carbocycles. The number of aliphatic carboxylic acids is 1. The topological polar surface area (TPSA) is 110 Å². The second-order valence-electron chi connectivity index (χ2n) is 5.50. The van der Waals surface area contributed by atoms with Crippen molar-refractivity contribution in [2.45, 2.75) is 18.6 Å². The van der Waals surface area contributed by atoms with Gasteiger partial charge in [-0.1, -0.05) is 30.3 Å². The second-order valence-corrected chi connectivity index (χ2v) is 5.50. The Morgan fingerprint density at radius 3 is 2.30 bits per heavy atom. The Hall–Kier alpha value is -3.43. The zero-order valence-corrected chi connectivity index (χ0v) is 13.6. The largest absolute Gasteiger partial charge is 0.480 e. The van der Waals surface area contributed by atoms with Crippen LogP contribution in [0.4, 0.5) is 18.9 Å². The molecule has 0 radical (unpaired) electrons. The predicted molar refractivity (Wildman–Crippen MR) is 87.1 cm³/mol. The average Bonchev–Trinajstić information content (AvgIpc) is 2.60. The Balaban J connectivity index is 2.30. The van der Waals surface area contributed by atoms with E-state index in [4.69, 9.17) is 0 Å². The third kappa shape index (κ3) is 4.81. The fourth-order valence-electron chi connectivity index (χ4n) is 2.45. The third-order valence-electron chi connectivity index (χ3n) is 3.69.